The molecule has 0 atom stereocenters. The standard InChI is InChI=1S/C16H24N4O4S2/c1-6-25(21,22)18-16-8-12(2)7-14(13(16)3)9-15-10-20(11-17-15)26(23,24)19(4)5/h7-8,10-11,18H,6,9H2,1-5H3. The molecule has 1 N–H and O–H groups in total. The molecule has 10 heteroatoms. The number of nitrogens with zero attached hydrogens (tertiary/aromatic N) is 3. The normalized spacial score (nSPS) is 12.5. The van der Waals surface area contributed by atoms with E-state index in [0.717, 1.165) is 25.0 Å². The number of benzene rings is 1. The summed E-state index contributed by atoms with van der Waals surface area (Å²) in [6.45, 7) is 5.28. The molecule has 0 spiro atoms. The fourth-order valence-electron chi connectivity index (χ4n) is 2.41. The van der Waals surface area contributed by atoms with Crippen LogP contribution in [0.1, 0.15) is 29.3 Å². The Morgan fingerprint density at radius 1 is 1.15 bits per heavy atom. The lowest BCUT2D eigenvalue weighted by atomic mass is 10.00. The van der Waals surface area contributed by atoms with Crippen molar-refractivity contribution in [3.63, 3.8) is 0 Å². The van der Waals surface area contributed by atoms with Crippen molar-refractivity contribution in [2.45, 2.75) is 27.2 Å². The molecule has 1 heterocycles. The molecule has 0 fully saturated rings. The Morgan fingerprint density at radius 2 is 1.81 bits per heavy atom. The summed E-state index contributed by atoms with van der Waals surface area (Å²) in [5.74, 6) is -0.0114. The zero-order chi connectivity index (χ0) is 19.7. The van der Waals surface area contributed by atoms with Gasteiger partial charge in [-0.15, -0.1) is 0 Å². The molecule has 1 aromatic carbocycles. The zero-order valence-corrected chi connectivity index (χ0v) is 17.1. The minimum Gasteiger partial charge on any atom is -0.283 e. The van der Waals surface area contributed by atoms with Crippen molar-refractivity contribution in [3.05, 3.63) is 47.0 Å². The van der Waals surface area contributed by atoms with Gasteiger partial charge in [0.2, 0.25) is 10.0 Å². The van der Waals surface area contributed by atoms with Gasteiger partial charge in [0, 0.05) is 26.7 Å². The van der Waals surface area contributed by atoms with E-state index in [2.05, 4.69) is 9.71 Å². The van der Waals surface area contributed by atoms with Crippen LogP contribution in [-0.4, -0.2) is 49.9 Å². The molecule has 8 nitrogen and oxygen atoms in total. The number of hydrogen-bond donors (Lipinski definition) is 1. The minimum atomic E-state index is -3.61. The Kier molecular flexibility index (Phi) is 5.79. The number of aromatic nitrogens is 2. The molecule has 2 rings (SSSR count). The van der Waals surface area contributed by atoms with Crippen LogP contribution in [0.4, 0.5) is 5.69 Å². The first-order chi connectivity index (χ1) is 12.0. The summed E-state index contributed by atoms with van der Waals surface area (Å²) in [5, 5.41) is 0. The average Bonchev–Trinajstić information content (AvgIpc) is 3.00. The van der Waals surface area contributed by atoms with Crippen LogP contribution in [0.15, 0.2) is 24.7 Å². The van der Waals surface area contributed by atoms with Gasteiger partial charge in [-0.05, 0) is 43.5 Å². The third-order valence-corrected chi connectivity index (χ3v) is 6.96. The van der Waals surface area contributed by atoms with Gasteiger partial charge in [0.25, 0.3) is 0 Å². The number of anilines is 1. The first-order valence-electron chi connectivity index (χ1n) is 8.02. The topological polar surface area (TPSA) is 101 Å². The molecule has 0 aliphatic rings. The summed E-state index contributed by atoms with van der Waals surface area (Å²) in [4.78, 5) is 4.17. The van der Waals surface area contributed by atoms with E-state index in [9.17, 15) is 16.8 Å². The molecule has 26 heavy (non-hydrogen) atoms. The molecule has 1 aromatic heterocycles. The quantitative estimate of drug-likeness (QED) is 0.759. The highest BCUT2D eigenvalue weighted by atomic mass is 32.2. The van der Waals surface area contributed by atoms with Crippen LogP contribution in [0.3, 0.4) is 0 Å². The molecule has 0 amide bonds. The van der Waals surface area contributed by atoms with E-state index in [-0.39, 0.29) is 5.75 Å². The predicted molar refractivity (Wildman–Crippen MR) is 102 cm³/mol. The lowest BCUT2D eigenvalue weighted by Gasteiger charge is -2.14. The van der Waals surface area contributed by atoms with Gasteiger partial charge in [0.15, 0.2) is 0 Å². The highest BCUT2D eigenvalue weighted by Crippen LogP contribution is 2.24. The summed E-state index contributed by atoms with van der Waals surface area (Å²) >= 11 is 0. The second kappa shape index (κ2) is 7.37. The first-order valence-corrected chi connectivity index (χ1v) is 11.1. The van der Waals surface area contributed by atoms with Crippen molar-refractivity contribution in [1.82, 2.24) is 13.3 Å². The van der Waals surface area contributed by atoms with Crippen LogP contribution in [0.25, 0.3) is 0 Å². The van der Waals surface area contributed by atoms with Gasteiger partial charge in [-0.2, -0.15) is 12.7 Å². The fraction of sp³-hybridized carbons (Fsp3) is 0.438. The Balaban J connectivity index is 2.37. The maximum absolute atomic E-state index is 12.1. The Labute approximate surface area is 155 Å². The molecule has 0 bridgehead atoms. The van der Waals surface area contributed by atoms with Crippen molar-refractivity contribution in [3.8, 4) is 0 Å². The second-order valence-corrected chi connectivity index (χ2v) is 10.3. The molecule has 2 aromatic rings. The molecule has 0 saturated carbocycles. The van der Waals surface area contributed by atoms with Gasteiger partial charge >= 0.3 is 10.2 Å². The van der Waals surface area contributed by atoms with Crippen molar-refractivity contribution >= 4 is 25.9 Å². The summed E-state index contributed by atoms with van der Waals surface area (Å²) in [5.41, 5.74) is 3.68. The maximum Gasteiger partial charge on any atom is 0.308 e. The molecular formula is C16H24N4O4S2. The number of sulfonamides is 1. The van der Waals surface area contributed by atoms with E-state index in [0.29, 0.717) is 17.8 Å². The Morgan fingerprint density at radius 3 is 2.38 bits per heavy atom. The zero-order valence-electron chi connectivity index (χ0n) is 15.5. The number of nitrogens with one attached hydrogen (secondary N) is 1. The van der Waals surface area contributed by atoms with Crippen LogP contribution in [0, 0.1) is 13.8 Å². The third kappa shape index (κ3) is 4.43. The van der Waals surface area contributed by atoms with E-state index in [1.54, 1.807) is 13.0 Å². The molecule has 0 saturated heterocycles. The van der Waals surface area contributed by atoms with Crippen molar-refractivity contribution < 1.29 is 16.8 Å². The monoisotopic (exact) mass is 400 g/mol. The van der Waals surface area contributed by atoms with E-state index in [4.69, 9.17) is 0 Å². The van der Waals surface area contributed by atoms with Gasteiger partial charge in [-0.3, -0.25) is 4.72 Å². The molecular weight excluding hydrogens is 376 g/mol. The Hall–Kier alpha value is -1.91. The fourth-order valence-corrected chi connectivity index (χ4v) is 3.90. The maximum atomic E-state index is 12.1. The SMILES string of the molecule is CCS(=O)(=O)Nc1cc(C)cc(Cc2cn(S(=O)(=O)N(C)C)cn2)c1C. The Bertz CT molecular complexity index is 1010. The van der Waals surface area contributed by atoms with Crippen LogP contribution in [0.2, 0.25) is 0 Å². The molecule has 0 radical (unpaired) electrons. The van der Waals surface area contributed by atoms with Gasteiger partial charge in [-0.25, -0.2) is 17.4 Å². The molecule has 0 aliphatic heterocycles. The van der Waals surface area contributed by atoms with E-state index < -0.39 is 20.2 Å². The number of aryl methyl sites for hydroxylation is 1. The summed E-state index contributed by atoms with van der Waals surface area (Å²) in [6.07, 6.45) is 3.12. The van der Waals surface area contributed by atoms with Gasteiger partial charge < -0.3 is 0 Å². The van der Waals surface area contributed by atoms with E-state index >= 15 is 0 Å². The lowest BCUT2D eigenvalue weighted by Crippen LogP contribution is -2.27. The predicted octanol–water partition coefficient (Wildman–Crippen LogP) is 1.51. The molecule has 144 valence electrons. The largest absolute Gasteiger partial charge is 0.308 e. The van der Waals surface area contributed by atoms with Gasteiger partial charge in [0.05, 0.1) is 17.1 Å². The van der Waals surface area contributed by atoms with Crippen LogP contribution in [0.5, 0.6) is 0 Å². The van der Waals surface area contributed by atoms with Crippen molar-refractivity contribution in [2.24, 2.45) is 0 Å². The first kappa shape index (κ1) is 20.4. The second-order valence-electron chi connectivity index (χ2n) is 6.26. The minimum absolute atomic E-state index is 0.0114. The van der Waals surface area contributed by atoms with Crippen LogP contribution in [-0.2, 0) is 26.7 Å². The van der Waals surface area contributed by atoms with Gasteiger partial charge in [-0.1, -0.05) is 6.07 Å². The van der Waals surface area contributed by atoms with Crippen LogP contribution >= 0.6 is 0 Å². The smallest absolute Gasteiger partial charge is 0.283 e. The van der Waals surface area contributed by atoms with E-state index in [1.165, 1.54) is 26.6 Å². The highest BCUT2D eigenvalue weighted by Gasteiger charge is 2.18. The summed E-state index contributed by atoms with van der Waals surface area (Å²) in [7, 11) is -4.09. The highest BCUT2D eigenvalue weighted by molar-refractivity contribution is 7.92. The van der Waals surface area contributed by atoms with Crippen LogP contribution < -0.4 is 4.72 Å². The summed E-state index contributed by atoms with van der Waals surface area (Å²) < 4.78 is 52.8. The average molecular weight is 401 g/mol. The third-order valence-electron chi connectivity index (χ3n) is 4.02. The van der Waals surface area contributed by atoms with E-state index in [1.807, 2.05) is 19.9 Å². The van der Waals surface area contributed by atoms with Crippen molar-refractivity contribution in [2.75, 3.05) is 24.6 Å². The number of imidazole rings is 1. The number of hydrogen-bond acceptors (Lipinski definition) is 5. The number of rotatable bonds is 7. The lowest BCUT2D eigenvalue weighted by molar-refractivity contribution is 0.510. The molecule has 0 unspecified atom stereocenters. The van der Waals surface area contributed by atoms with Crippen molar-refractivity contribution in [1.29, 1.82) is 0 Å². The summed E-state index contributed by atoms with van der Waals surface area (Å²) in [6, 6.07) is 3.72. The van der Waals surface area contributed by atoms with Gasteiger partial charge in [0.1, 0.15) is 6.33 Å². The molecule has 0 aliphatic carbocycles.